The van der Waals surface area contributed by atoms with Gasteiger partial charge in [-0.25, -0.2) is 4.98 Å². The van der Waals surface area contributed by atoms with E-state index in [0.29, 0.717) is 13.2 Å². The molecule has 2 N–H and O–H groups in total. The van der Waals surface area contributed by atoms with Gasteiger partial charge >= 0.3 is 0 Å². The van der Waals surface area contributed by atoms with E-state index in [9.17, 15) is 0 Å². The van der Waals surface area contributed by atoms with Crippen LogP contribution in [0.3, 0.4) is 0 Å². The van der Waals surface area contributed by atoms with Gasteiger partial charge < -0.3 is 15.0 Å². The highest BCUT2D eigenvalue weighted by Crippen LogP contribution is 2.12. The Labute approximate surface area is 125 Å². The van der Waals surface area contributed by atoms with Gasteiger partial charge in [-0.1, -0.05) is 18.8 Å². The van der Waals surface area contributed by atoms with Crippen LogP contribution in [0, 0.1) is 11.8 Å². The van der Waals surface area contributed by atoms with Crippen LogP contribution in [-0.2, 0) is 13.0 Å². The molecule has 0 aliphatic rings. The number of nitrogens with two attached hydrogens (primary N) is 1. The first-order chi connectivity index (χ1) is 10.3. The number of nitrogens with zero attached hydrogens (tertiary/aromatic N) is 2. The minimum atomic E-state index is 0.378. The van der Waals surface area contributed by atoms with Gasteiger partial charge in [0, 0.05) is 24.4 Å². The van der Waals surface area contributed by atoms with Crippen LogP contribution in [0.25, 0.3) is 0 Å². The molecule has 110 valence electrons. The minimum Gasteiger partial charge on any atom is -0.492 e. The predicted octanol–water partition coefficient (Wildman–Crippen LogP) is 2.22. The lowest BCUT2D eigenvalue weighted by atomic mass is 10.2. The second-order valence-electron chi connectivity index (χ2n) is 4.67. The van der Waals surface area contributed by atoms with Crippen molar-refractivity contribution in [1.82, 2.24) is 9.55 Å². The van der Waals surface area contributed by atoms with Gasteiger partial charge in [-0.05, 0) is 30.7 Å². The molecule has 0 aliphatic carbocycles. The fourth-order valence-corrected chi connectivity index (χ4v) is 2.04. The fraction of sp³-hybridized carbons (Fsp3) is 0.353. The highest BCUT2D eigenvalue weighted by molar-refractivity contribution is 5.38. The average Bonchev–Trinajstić information content (AvgIpc) is 2.94. The Morgan fingerprint density at radius 2 is 2.10 bits per heavy atom. The third kappa shape index (κ3) is 4.66. The van der Waals surface area contributed by atoms with E-state index in [-0.39, 0.29) is 0 Å². The van der Waals surface area contributed by atoms with Crippen LogP contribution >= 0.6 is 0 Å². The van der Waals surface area contributed by atoms with Crippen LogP contribution in [-0.4, -0.2) is 22.7 Å². The highest BCUT2D eigenvalue weighted by atomic mass is 16.5. The quantitative estimate of drug-likeness (QED) is 0.827. The Bertz CT molecular complexity index is 605. The van der Waals surface area contributed by atoms with Gasteiger partial charge in [0.05, 0.1) is 13.1 Å². The monoisotopic (exact) mass is 283 g/mol. The third-order valence-corrected chi connectivity index (χ3v) is 3.07. The van der Waals surface area contributed by atoms with Crippen LogP contribution in [0.4, 0.5) is 0 Å². The molecule has 2 aromatic rings. The number of aromatic nitrogens is 2. The van der Waals surface area contributed by atoms with Crippen LogP contribution in [0.5, 0.6) is 5.75 Å². The van der Waals surface area contributed by atoms with E-state index in [0.717, 1.165) is 36.5 Å². The number of rotatable bonds is 6. The van der Waals surface area contributed by atoms with Gasteiger partial charge in [0.1, 0.15) is 18.2 Å². The summed E-state index contributed by atoms with van der Waals surface area (Å²) in [7, 11) is 0. The fourth-order valence-electron chi connectivity index (χ4n) is 2.04. The number of imidazole rings is 1. The molecule has 2 rings (SSSR count). The Hall–Kier alpha value is -2.25. The van der Waals surface area contributed by atoms with Crippen molar-refractivity contribution in [2.24, 2.45) is 5.73 Å². The van der Waals surface area contributed by atoms with Crippen molar-refractivity contribution in [2.75, 3.05) is 13.2 Å². The summed E-state index contributed by atoms with van der Waals surface area (Å²) in [6.07, 6.45) is 5.94. The van der Waals surface area contributed by atoms with Crippen LogP contribution < -0.4 is 10.5 Å². The highest BCUT2D eigenvalue weighted by Gasteiger charge is 2.01. The summed E-state index contributed by atoms with van der Waals surface area (Å²) in [5.41, 5.74) is 6.30. The van der Waals surface area contributed by atoms with Crippen molar-refractivity contribution < 1.29 is 4.74 Å². The van der Waals surface area contributed by atoms with E-state index in [2.05, 4.69) is 28.3 Å². The molecule has 4 heteroatoms. The molecule has 21 heavy (non-hydrogen) atoms. The summed E-state index contributed by atoms with van der Waals surface area (Å²) in [4.78, 5) is 4.35. The Kier molecular flexibility index (Phi) is 5.86. The Morgan fingerprint density at radius 1 is 1.29 bits per heavy atom. The summed E-state index contributed by atoms with van der Waals surface area (Å²) >= 11 is 0. The van der Waals surface area contributed by atoms with E-state index >= 15 is 0 Å². The Balaban J connectivity index is 1.84. The standard InChI is InChI=1S/C17H21N3O/c1-2-4-17-19-11-12-20(17)13-14-21-16-8-6-15(7-9-16)5-3-10-18/h6-9,11-12H,2,4,10,13-14,18H2,1H3. The first kappa shape index (κ1) is 15.1. The zero-order chi connectivity index (χ0) is 14.9. The summed E-state index contributed by atoms with van der Waals surface area (Å²) in [5, 5.41) is 0. The lowest BCUT2D eigenvalue weighted by Gasteiger charge is -2.09. The molecule has 0 saturated heterocycles. The van der Waals surface area contributed by atoms with E-state index in [1.807, 2.05) is 36.7 Å². The third-order valence-electron chi connectivity index (χ3n) is 3.07. The van der Waals surface area contributed by atoms with Gasteiger partial charge in [0.15, 0.2) is 0 Å². The number of benzene rings is 1. The van der Waals surface area contributed by atoms with E-state index in [1.54, 1.807) is 0 Å². The molecular formula is C17H21N3O. The lowest BCUT2D eigenvalue weighted by molar-refractivity contribution is 0.296. The summed E-state index contributed by atoms with van der Waals surface area (Å²) in [6, 6.07) is 7.75. The molecule has 0 radical (unpaired) electrons. The minimum absolute atomic E-state index is 0.378. The molecule has 0 fully saturated rings. The first-order valence-electron chi connectivity index (χ1n) is 7.25. The van der Waals surface area contributed by atoms with Gasteiger partial charge in [-0.15, -0.1) is 0 Å². The van der Waals surface area contributed by atoms with Crippen LogP contribution in [0.1, 0.15) is 24.7 Å². The maximum atomic E-state index is 5.75. The van der Waals surface area contributed by atoms with Gasteiger partial charge in [0.25, 0.3) is 0 Å². The molecule has 0 unspecified atom stereocenters. The van der Waals surface area contributed by atoms with Gasteiger partial charge in [0.2, 0.25) is 0 Å². The summed E-state index contributed by atoms with van der Waals surface area (Å²) < 4.78 is 7.89. The second-order valence-corrected chi connectivity index (χ2v) is 4.67. The summed E-state index contributed by atoms with van der Waals surface area (Å²) in [5.74, 6) is 7.79. The predicted molar refractivity (Wildman–Crippen MR) is 84.1 cm³/mol. The SMILES string of the molecule is CCCc1nccn1CCOc1ccc(C#CCN)cc1. The molecule has 1 aromatic carbocycles. The van der Waals surface area contributed by atoms with Crippen molar-refractivity contribution >= 4 is 0 Å². The maximum absolute atomic E-state index is 5.75. The van der Waals surface area contributed by atoms with E-state index in [4.69, 9.17) is 10.5 Å². The number of ether oxygens (including phenoxy) is 1. The van der Waals surface area contributed by atoms with Crippen LogP contribution in [0.2, 0.25) is 0 Å². The second kappa shape index (κ2) is 8.13. The molecule has 0 saturated carbocycles. The van der Waals surface area contributed by atoms with Gasteiger partial charge in [-0.2, -0.15) is 0 Å². The molecule has 1 aromatic heterocycles. The van der Waals surface area contributed by atoms with Crippen molar-refractivity contribution in [3.63, 3.8) is 0 Å². The number of hydrogen-bond acceptors (Lipinski definition) is 3. The van der Waals surface area contributed by atoms with Crippen molar-refractivity contribution in [1.29, 1.82) is 0 Å². The zero-order valence-electron chi connectivity index (χ0n) is 12.4. The molecule has 1 heterocycles. The molecular weight excluding hydrogens is 262 g/mol. The molecule has 0 amide bonds. The topological polar surface area (TPSA) is 53.1 Å². The number of aryl methyl sites for hydroxylation is 1. The maximum Gasteiger partial charge on any atom is 0.119 e. The molecule has 0 bridgehead atoms. The lowest BCUT2D eigenvalue weighted by Crippen LogP contribution is -2.10. The van der Waals surface area contributed by atoms with Gasteiger partial charge in [-0.3, -0.25) is 0 Å². The average molecular weight is 283 g/mol. The van der Waals surface area contributed by atoms with Crippen molar-refractivity contribution in [2.45, 2.75) is 26.3 Å². The zero-order valence-corrected chi connectivity index (χ0v) is 12.4. The van der Waals surface area contributed by atoms with E-state index < -0.39 is 0 Å². The first-order valence-corrected chi connectivity index (χ1v) is 7.25. The van der Waals surface area contributed by atoms with E-state index in [1.165, 1.54) is 0 Å². The molecule has 0 atom stereocenters. The normalized spacial score (nSPS) is 10.0. The van der Waals surface area contributed by atoms with Crippen LogP contribution in [0.15, 0.2) is 36.7 Å². The van der Waals surface area contributed by atoms with Crippen molar-refractivity contribution in [3.05, 3.63) is 48.0 Å². The van der Waals surface area contributed by atoms with Crippen molar-refractivity contribution in [3.8, 4) is 17.6 Å². The largest absolute Gasteiger partial charge is 0.492 e. The summed E-state index contributed by atoms with van der Waals surface area (Å²) in [6.45, 7) is 3.97. The molecule has 0 spiro atoms. The Morgan fingerprint density at radius 3 is 2.81 bits per heavy atom. The smallest absolute Gasteiger partial charge is 0.119 e. The molecule has 0 aliphatic heterocycles. The number of hydrogen-bond donors (Lipinski definition) is 1. The molecule has 4 nitrogen and oxygen atoms in total.